The number of halogens is 2. The van der Waals surface area contributed by atoms with E-state index in [1.54, 1.807) is 17.1 Å². The van der Waals surface area contributed by atoms with Crippen LogP contribution in [0.2, 0.25) is 0 Å². The summed E-state index contributed by atoms with van der Waals surface area (Å²) in [5.74, 6) is -0.124. The number of rotatable bonds is 4. The highest BCUT2D eigenvalue weighted by atomic mass is 79.9. The molecule has 5 heteroatoms. The third-order valence-corrected chi connectivity index (χ3v) is 4.45. The number of carbonyl (C=O) groups is 1. The first kappa shape index (κ1) is 16.7. The number of hydrogen-bond donors (Lipinski definition) is 1. The van der Waals surface area contributed by atoms with Crippen LogP contribution in [0.3, 0.4) is 0 Å². The number of amides is 1. The Bertz CT molecular complexity index is 818. The van der Waals surface area contributed by atoms with Crippen LogP contribution in [-0.2, 0) is 0 Å². The molecule has 120 valence electrons. The lowest BCUT2D eigenvalue weighted by atomic mass is 10.2. The molecule has 1 N–H and O–H groups in total. The standard InChI is InChI=1S/C19H14Br2N2O/c20-15-6-10-17(11-7-15)22-23(18-12-8-16(21)9-13-18)19(24)14-4-2-1-3-5-14/h1-13,22H. The molecule has 3 aromatic carbocycles. The lowest BCUT2D eigenvalue weighted by Gasteiger charge is -2.24. The van der Waals surface area contributed by atoms with Gasteiger partial charge in [0.1, 0.15) is 0 Å². The minimum absolute atomic E-state index is 0.124. The average Bonchev–Trinajstić information content (AvgIpc) is 2.62. The zero-order valence-corrected chi connectivity index (χ0v) is 15.8. The van der Waals surface area contributed by atoms with Crippen LogP contribution in [0.15, 0.2) is 87.8 Å². The number of nitrogens with one attached hydrogen (secondary N) is 1. The first-order chi connectivity index (χ1) is 11.6. The van der Waals surface area contributed by atoms with Crippen LogP contribution < -0.4 is 10.4 Å². The Morgan fingerprint density at radius 2 is 1.29 bits per heavy atom. The molecule has 3 rings (SSSR count). The number of nitrogens with zero attached hydrogens (tertiary/aromatic N) is 1. The molecule has 0 aliphatic carbocycles. The molecule has 0 heterocycles. The topological polar surface area (TPSA) is 32.3 Å². The van der Waals surface area contributed by atoms with Crippen LogP contribution >= 0.6 is 31.9 Å². The molecule has 0 fully saturated rings. The van der Waals surface area contributed by atoms with Gasteiger partial charge in [-0.25, -0.2) is 5.01 Å². The van der Waals surface area contributed by atoms with E-state index in [0.29, 0.717) is 5.56 Å². The molecule has 3 aromatic rings. The van der Waals surface area contributed by atoms with E-state index in [4.69, 9.17) is 0 Å². The fraction of sp³-hybridized carbons (Fsp3) is 0. The Kier molecular flexibility index (Phi) is 5.33. The maximum absolute atomic E-state index is 12.9. The summed E-state index contributed by atoms with van der Waals surface area (Å²) in [4.78, 5) is 12.9. The van der Waals surface area contributed by atoms with Gasteiger partial charge in [-0.05, 0) is 60.7 Å². The smallest absolute Gasteiger partial charge is 0.276 e. The van der Waals surface area contributed by atoms with Crippen molar-refractivity contribution >= 4 is 49.1 Å². The molecule has 24 heavy (non-hydrogen) atoms. The van der Waals surface area contributed by atoms with Crippen molar-refractivity contribution in [2.45, 2.75) is 0 Å². The molecule has 0 aliphatic heterocycles. The van der Waals surface area contributed by atoms with Gasteiger partial charge in [0.2, 0.25) is 0 Å². The van der Waals surface area contributed by atoms with Crippen molar-refractivity contribution in [2.75, 3.05) is 10.4 Å². The molecule has 0 aliphatic rings. The maximum Gasteiger partial charge on any atom is 0.276 e. The van der Waals surface area contributed by atoms with Crippen molar-refractivity contribution in [1.29, 1.82) is 0 Å². The molecule has 0 saturated carbocycles. The number of benzene rings is 3. The Labute approximate surface area is 157 Å². The van der Waals surface area contributed by atoms with Gasteiger partial charge in [-0.3, -0.25) is 10.2 Å². The Balaban J connectivity index is 1.95. The van der Waals surface area contributed by atoms with Crippen LogP contribution in [0, 0.1) is 0 Å². The van der Waals surface area contributed by atoms with Gasteiger partial charge in [0, 0.05) is 14.5 Å². The van der Waals surface area contributed by atoms with Crippen LogP contribution in [-0.4, -0.2) is 5.91 Å². The first-order valence-electron chi connectivity index (χ1n) is 7.31. The predicted octanol–water partition coefficient (Wildman–Crippen LogP) is 5.89. The van der Waals surface area contributed by atoms with Crippen molar-refractivity contribution in [1.82, 2.24) is 0 Å². The van der Waals surface area contributed by atoms with E-state index >= 15 is 0 Å². The summed E-state index contributed by atoms with van der Waals surface area (Å²) in [5.41, 5.74) is 5.39. The normalized spacial score (nSPS) is 10.2. The van der Waals surface area contributed by atoms with Gasteiger partial charge in [-0.1, -0.05) is 50.1 Å². The minimum atomic E-state index is -0.124. The zero-order chi connectivity index (χ0) is 16.9. The van der Waals surface area contributed by atoms with E-state index in [1.807, 2.05) is 66.7 Å². The second-order valence-electron chi connectivity index (χ2n) is 5.10. The van der Waals surface area contributed by atoms with Crippen LogP contribution in [0.4, 0.5) is 11.4 Å². The van der Waals surface area contributed by atoms with Gasteiger partial charge in [-0.2, -0.15) is 0 Å². The minimum Gasteiger partial charge on any atom is -0.291 e. The summed E-state index contributed by atoms with van der Waals surface area (Å²) in [5, 5.41) is 1.55. The third-order valence-electron chi connectivity index (χ3n) is 3.39. The summed E-state index contributed by atoms with van der Waals surface area (Å²) in [6.45, 7) is 0. The van der Waals surface area contributed by atoms with Crippen molar-refractivity contribution in [3.63, 3.8) is 0 Å². The van der Waals surface area contributed by atoms with E-state index in [2.05, 4.69) is 37.3 Å². The van der Waals surface area contributed by atoms with Crippen molar-refractivity contribution < 1.29 is 4.79 Å². The molecular weight excluding hydrogens is 432 g/mol. The summed E-state index contributed by atoms with van der Waals surface area (Å²) in [6.07, 6.45) is 0. The Morgan fingerprint density at radius 1 is 0.750 bits per heavy atom. The molecule has 0 atom stereocenters. The van der Waals surface area contributed by atoms with Crippen molar-refractivity contribution in [3.05, 3.63) is 93.4 Å². The van der Waals surface area contributed by atoms with Gasteiger partial charge in [0.25, 0.3) is 5.91 Å². The summed E-state index contributed by atoms with van der Waals surface area (Å²) < 4.78 is 1.94. The number of hydrogen-bond acceptors (Lipinski definition) is 2. The molecule has 0 aromatic heterocycles. The van der Waals surface area contributed by atoms with E-state index in [1.165, 1.54) is 0 Å². The van der Waals surface area contributed by atoms with Crippen LogP contribution in [0.25, 0.3) is 0 Å². The largest absolute Gasteiger partial charge is 0.291 e. The second kappa shape index (κ2) is 7.64. The molecule has 0 bridgehead atoms. The average molecular weight is 446 g/mol. The highest BCUT2D eigenvalue weighted by Gasteiger charge is 2.18. The molecule has 0 saturated heterocycles. The molecule has 3 nitrogen and oxygen atoms in total. The Morgan fingerprint density at radius 3 is 1.88 bits per heavy atom. The summed E-state index contributed by atoms with van der Waals surface area (Å²) in [7, 11) is 0. The van der Waals surface area contributed by atoms with Crippen LogP contribution in [0.1, 0.15) is 10.4 Å². The summed E-state index contributed by atoms with van der Waals surface area (Å²) >= 11 is 6.84. The third kappa shape index (κ3) is 4.04. The monoisotopic (exact) mass is 444 g/mol. The Hall–Kier alpha value is -2.11. The fourth-order valence-corrected chi connectivity index (χ4v) is 2.71. The maximum atomic E-state index is 12.9. The van der Waals surface area contributed by atoms with Crippen molar-refractivity contribution in [3.8, 4) is 0 Å². The quantitative estimate of drug-likeness (QED) is 0.508. The first-order valence-corrected chi connectivity index (χ1v) is 8.89. The van der Waals surface area contributed by atoms with Gasteiger partial charge in [-0.15, -0.1) is 0 Å². The predicted molar refractivity (Wildman–Crippen MR) is 105 cm³/mol. The van der Waals surface area contributed by atoms with E-state index in [-0.39, 0.29) is 5.91 Å². The molecule has 0 radical (unpaired) electrons. The number of carbonyl (C=O) groups excluding carboxylic acids is 1. The number of anilines is 2. The van der Waals surface area contributed by atoms with Gasteiger partial charge < -0.3 is 0 Å². The lowest BCUT2D eigenvalue weighted by molar-refractivity contribution is 0.0992. The van der Waals surface area contributed by atoms with Gasteiger partial charge >= 0.3 is 0 Å². The molecule has 0 unspecified atom stereocenters. The molecule has 0 spiro atoms. The number of hydrazine groups is 1. The van der Waals surface area contributed by atoms with E-state index in [9.17, 15) is 4.79 Å². The van der Waals surface area contributed by atoms with E-state index < -0.39 is 0 Å². The van der Waals surface area contributed by atoms with Crippen LogP contribution in [0.5, 0.6) is 0 Å². The highest BCUT2D eigenvalue weighted by Crippen LogP contribution is 2.23. The van der Waals surface area contributed by atoms with Gasteiger partial charge in [0.05, 0.1) is 11.4 Å². The fourth-order valence-electron chi connectivity index (χ4n) is 2.19. The van der Waals surface area contributed by atoms with E-state index in [0.717, 1.165) is 20.3 Å². The highest BCUT2D eigenvalue weighted by molar-refractivity contribution is 9.10. The SMILES string of the molecule is O=C(c1ccccc1)N(Nc1ccc(Br)cc1)c1ccc(Br)cc1. The van der Waals surface area contributed by atoms with Crippen molar-refractivity contribution in [2.24, 2.45) is 0 Å². The lowest BCUT2D eigenvalue weighted by Crippen LogP contribution is -2.36. The van der Waals surface area contributed by atoms with Gasteiger partial charge in [0.15, 0.2) is 0 Å². The summed E-state index contributed by atoms with van der Waals surface area (Å²) in [6, 6.07) is 24.5. The molecular formula is C19H14Br2N2O. The zero-order valence-electron chi connectivity index (χ0n) is 12.6. The second-order valence-corrected chi connectivity index (χ2v) is 6.93. The molecule has 1 amide bonds.